The Hall–Kier alpha value is -1.06. The van der Waals surface area contributed by atoms with E-state index < -0.39 is 0 Å². The molecule has 1 aromatic carbocycles. The molecule has 1 rings (SSSR count). The van der Waals surface area contributed by atoms with Crippen molar-refractivity contribution in [1.29, 1.82) is 0 Å². The van der Waals surface area contributed by atoms with E-state index in [9.17, 15) is 0 Å². The van der Waals surface area contributed by atoms with Crippen LogP contribution in [0.2, 0.25) is 0 Å². The number of nitrogen functional groups attached to an aromatic ring is 1. The summed E-state index contributed by atoms with van der Waals surface area (Å²) < 4.78 is 10.6. The molecule has 0 aliphatic carbocycles. The molecule has 0 amide bonds. The first-order valence-electron chi connectivity index (χ1n) is 5.20. The quantitative estimate of drug-likeness (QED) is 0.578. The fraction of sp³-hybridized carbons (Fsp3) is 0.500. The Kier molecular flexibility index (Phi) is 5.15. The van der Waals surface area contributed by atoms with Crippen molar-refractivity contribution >= 4 is 5.69 Å². The molecule has 84 valence electrons. The van der Waals surface area contributed by atoms with Gasteiger partial charge in [0.15, 0.2) is 0 Å². The summed E-state index contributed by atoms with van der Waals surface area (Å²) in [7, 11) is 1.70. The second-order valence-corrected chi connectivity index (χ2v) is 3.53. The SMILES string of the molecule is COCCCOC(C)c1ccc(N)cc1. The summed E-state index contributed by atoms with van der Waals surface area (Å²) >= 11 is 0. The molecule has 0 spiro atoms. The Morgan fingerprint density at radius 3 is 2.47 bits per heavy atom. The van der Waals surface area contributed by atoms with Gasteiger partial charge in [0.2, 0.25) is 0 Å². The Labute approximate surface area is 91.2 Å². The van der Waals surface area contributed by atoms with Crippen molar-refractivity contribution in [2.45, 2.75) is 19.4 Å². The normalized spacial score (nSPS) is 12.7. The highest BCUT2D eigenvalue weighted by Crippen LogP contribution is 2.17. The van der Waals surface area contributed by atoms with Gasteiger partial charge in [-0.05, 0) is 31.0 Å². The maximum Gasteiger partial charge on any atom is 0.0796 e. The molecule has 1 atom stereocenters. The average molecular weight is 209 g/mol. The first-order valence-corrected chi connectivity index (χ1v) is 5.20. The van der Waals surface area contributed by atoms with Gasteiger partial charge in [-0.1, -0.05) is 12.1 Å². The van der Waals surface area contributed by atoms with Crippen LogP contribution in [0.25, 0.3) is 0 Å². The van der Waals surface area contributed by atoms with Gasteiger partial charge in [-0.15, -0.1) is 0 Å². The van der Waals surface area contributed by atoms with E-state index in [0.29, 0.717) is 0 Å². The molecule has 1 unspecified atom stereocenters. The van der Waals surface area contributed by atoms with Crippen molar-refractivity contribution in [2.75, 3.05) is 26.1 Å². The molecule has 3 nitrogen and oxygen atoms in total. The highest BCUT2D eigenvalue weighted by atomic mass is 16.5. The molecule has 0 bridgehead atoms. The Morgan fingerprint density at radius 1 is 1.20 bits per heavy atom. The van der Waals surface area contributed by atoms with Gasteiger partial charge in [0.1, 0.15) is 0 Å². The van der Waals surface area contributed by atoms with Gasteiger partial charge in [0, 0.05) is 26.0 Å². The summed E-state index contributed by atoms with van der Waals surface area (Å²) in [5, 5.41) is 0. The maximum absolute atomic E-state index is 5.65. The third kappa shape index (κ3) is 4.32. The first-order chi connectivity index (χ1) is 7.24. The summed E-state index contributed by atoms with van der Waals surface area (Å²) in [6, 6.07) is 7.78. The highest BCUT2D eigenvalue weighted by Gasteiger charge is 2.04. The lowest BCUT2D eigenvalue weighted by Crippen LogP contribution is -2.04. The molecule has 0 radical (unpaired) electrons. The smallest absolute Gasteiger partial charge is 0.0796 e. The van der Waals surface area contributed by atoms with Gasteiger partial charge < -0.3 is 15.2 Å². The Morgan fingerprint density at radius 2 is 1.87 bits per heavy atom. The molecule has 3 heteroatoms. The lowest BCUT2D eigenvalue weighted by atomic mass is 10.1. The Bertz CT molecular complexity index is 271. The number of nitrogens with two attached hydrogens (primary N) is 1. The van der Waals surface area contributed by atoms with Crippen molar-refractivity contribution in [1.82, 2.24) is 0 Å². The van der Waals surface area contributed by atoms with Crippen LogP contribution in [0, 0.1) is 0 Å². The minimum Gasteiger partial charge on any atom is -0.399 e. The van der Waals surface area contributed by atoms with Crippen molar-refractivity contribution in [2.24, 2.45) is 0 Å². The molecule has 1 aromatic rings. The standard InChI is InChI=1S/C12H19NO2/c1-10(15-9-3-8-14-2)11-4-6-12(13)7-5-11/h4-7,10H,3,8-9,13H2,1-2H3. The van der Waals surface area contributed by atoms with E-state index in [4.69, 9.17) is 15.2 Å². The van der Waals surface area contributed by atoms with Gasteiger partial charge in [-0.25, -0.2) is 0 Å². The zero-order chi connectivity index (χ0) is 11.1. The number of hydrogen-bond acceptors (Lipinski definition) is 3. The predicted octanol–water partition coefficient (Wildman–Crippen LogP) is 2.38. The summed E-state index contributed by atoms with van der Waals surface area (Å²) in [4.78, 5) is 0. The minimum absolute atomic E-state index is 0.113. The first kappa shape index (κ1) is 12.0. The van der Waals surface area contributed by atoms with E-state index in [2.05, 4.69) is 0 Å². The van der Waals surface area contributed by atoms with E-state index in [-0.39, 0.29) is 6.10 Å². The number of rotatable bonds is 6. The molecule has 15 heavy (non-hydrogen) atoms. The van der Waals surface area contributed by atoms with Crippen LogP contribution in [-0.2, 0) is 9.47 Å². The molecule has 0 saturated carbocycles. The lowest BCUT2D eigenvalue weighted by Gasteiger charge is -2.13. The molecule has 0 aliphatic heterocycles. The number of methoxy groups -OCH3 is 1. The third-order valence-electron chi connectivity index (χ3n) is 2.27. The fourth-order valence-corrected chi connectivity index (χ4v) is 1.33. The van der Waals surface area contributed by atoms with Crippen LogP contribution in [0.15, 0.2) is 24.3 Å². The zero-order valence-electron chi connectivity index (χ0n) is 9.40. The van der Waals surface area contributed by atoms with Crippen LogP contribution in [-0.4, -0.2) is 20.3 Å². The predicted molar refractivity (Wildman–Crippen MR) is 61.7 cm³/mol. The summed E-state index contributed by atoms with van der Waals surface area (Å²) in [6.07, 6.45) is 1.04. The lowest BCUT2D eigenvalue weighted by molar-refractivity contribution is 0.0498. The van der Waals surface area contributed by atoms with E-state index >= 15 is 0 Å². The van der Waals surface area contributed by atoms with Gasteiger partial charge in [-0.2, -0.15) is 0 Å². The maximum atomic E-state index is 5.65. The number of benzene rings is 1. The van der Waals surface area contributed by atoms with Gasteiger partial charge in [0.05, 0.1) is 6.10 Å². The monoisotopic (exact) mass is 209 g/mol. The molecular formula is C12H19NO2. The second kappa shape index (κ2) is 6.43. The van der Waals surface area contributed by atoms with Crippen LogP contribution in [0.5, 0.6) is 0 Å². The van der Waals surface area contributed by atoms with Gasteiger partial charge in [-0.3, -0.25) is 0 Å². The van der Waals surface area contributed by atoms with Crippen LogP contribution in [0.1, 0.15) is 25.0 Å². The topological polar surface area (TPSA) is 44.5 Å². The van der Waals surface area contributed by atoms with Crippen molar-refractivity contribution < 1.29 is 9.47 Å². The third-order valence-corrected chi connectivity index (χ3v) is 2.27. The minimum atomic E-state index is 0.113. The van der Waals surface area contributed by atoms with E-state index in [1.54, 1.807) is 7.11 Å². The average Bonchev–Trinajstić information content (AvgIpc) is 2.25. The zero-order valence-corrected chi connectivity index (χ0v) is 9.40. The van der Waals surface area contributed by atoms with Crippen LogP contribution >= 0.6 is 0 Å². The summed E-state index contributed by atoms with van der Waals surface area (Å²) in [5.74, 6) is 0. The van der Waals surface area contributed by atoms with Crippen LogP contribution in [0.3, 0.4) is 0 Å². The van der Waals surface area contributed by atoms with Crippen molar-refractivity contribution in [3.63, 3.8) is 0 Å². The van der Waals surface area contributed by atoms with E-state index in [0.717, 1.165) is 30.9 Å². The second-order valence-electron chi connectivity index (χ2n) is 3.53. The van der Waals surface area contributed by atoms with E-state index in [1.165, 1.54) is 0 Å². The number of anilines is 1. The van der Waals surface area contributed by atoms with Crippen LogP contribution in [0.4, 0.5) is 5.69 Å². The number of ether oxygens (including phenoxy) is 2. The summed E-state index contributed by atoms with van der Waals surface area (Å²) in [5.41, 5.74) is 7.55. The van der Waals surface area contributed by atoms with Gasteiger partial charge >= 0.3 is 0 Å². The molecular weight excluding hydrogens is 190 g/mol. The largest absolute Gasteiger partial charge is 0.399 e. The fourth-order valence-electron chi connectivity index (χ4n) is 1.33. The summed E-state index contributed by atoms with van der Waals surface area (Å²) in [6.45, 7) is 3.51. The Balaban J connectivity index is 2.33. The number of hydrogen-bond donors (Lipinski definition) is 1. The molecule has 0 aliphatic rings. The van der Waals surface area contributed by atoms with Crippen molar-refractivity contribution in [3.05, 3.63) is 29.8 Å². The molecule has 0 saturated heterocycles. The molecule has 2 N–H and O–H groups in total. The molecule has 0 aromatic heterocycles. The molecule has 0 fully saturated rings. The van der Waals surface area contributed by atoms with Gasteiger partial charge in [0.25, 0.3) is 0 Å². The highest BCUT2D eigenvalue weighted by molar-refractivity contribution is 5.39. The van der Waals surface area contributed by atoms with Crippen LogP contribution < -0.4 is 5.73 Å². The van der Waals surface area contributed by atoms with E-state index in [1.807, 2.05) is 31.2 Å². The molecule has 0 heterocycles. The van der Waals surface area contributed by atoms with Crippen molar-refractivity contribution in [3.8, 4) is 0 Å².